The van der Waals surface area contributed by atoms with Gasteiger partial charge in [0.25, 0.3) is 0 Å². The van der Waals surface area contributed by atoms with Gasteiger partial charge in [-0.25, -0.2) is 0 Å². The molecule has 2 heteroatoms. The first kappa shape index (κ1) is 13.4. The summed E-state index contributed by atoms with van der Waals surface area (Å²) in [7, 11) is 0. The Morgan fingerprint density at radius 2 is 1.83 bits per heavy atom. The van der Waals surface area contributed by atoms with E-state index in [1.807, 2.05) is 13.8 Å². The Labute approximate surface area is 114 Å². The van der Waals surface area contributed by atoms with Crippen molar-refractivity contribution in [2.75, 3.05) is 0 Å². The lowest BCUT2D eigenvalue weighted by Gasteiger charge is -2.18. The third-order valence-corrected chi connectivity index (χ3v) is 3.68. The number of halogens is 1. The van der Waals surface area contributed by atoms with Gasteiger partial charge in [0.05, 0.1) is 5.52 Å². The molecule has 0 unspecified atom stereocenters. The van der Waals surface area contributed by atoms with E-state index in [-0.39, 0.29) is 5.41 Å². The minimum atomic E-state index is 0.253. The maximum Gasteiger partial charge on any atom is 0.0749 e. The van der Waals surface area contributed by atoms with Crippen LogP contribution in [0.1, 0.15) is 37.6 Å². The number of rotatable bonds is 1. The van der Waals surface area contributed by atoms with Crippen molar-refractivity contribution in [3.05, 3.63) is 40.0 Å². The van der Waals surface area contributed by atoms with Crippen LogP contribution in [-0.2, 0) is 6.42 Å². The highest BCUT2D eigenvalue weighted by molar-refractivity contribution is 6.33. The van der Waals surface area contributed by atoms with Gasteiger partial charge < -0.3 is 0 Å². The van der Waals surface area contributed by atoms with E-state index in [0.29, 0.717) is 0 Å². The normalized spacial score (nSPS) is 12.1. The van der Waals surface area contributed by atoms with Crippen LogP contribution in [0.25, 0.3) is 10.9 Å². The number of aromatic nitrogens is 1. The maximum atomic E-state index is 6.30. The van der Waals surface area contributed by atoms with Crippen LogP contribution in [0, 0.1) is 19.3 Å². The fourth-order valence-corrected chi connectivity index (χ4v) is 2.41. The number of hydrogen-bond donors (Lipinski definition) is 0. The van der Waals surface area contributed by atoms with Crippen molar-refractivity contribution in [3.63, 3.8) is 0 Å². The molecule has 0 saturated heterocycles. The van der Waals surface area contributed by atoms with Crippen molar-refractivity contribution < 1.29 is 0 Å². The lowest BCUT2D eigenvalue weighted by atomic mass is 9.90. The number of nitrogens with zero attached hydrogens (tertiary/aromatic N) is 1. The van der Waals surface area contributed by atoms with E-state index in [1.54, 1.807) is 0 Å². The van der Waals surface area contributed by atoms with Crippen LogP contribution >= 0.6 is 11.6 Å². The topological polar surface area (TPSA) is 12.9 Å². The molecule has 0 radical (unpaired) electrons. The molecule has 1 aromatic carbocycles. The Balaban J connectivity index is 2.58. The van der Waals surface area contributed by atoms with Crippen LogP contribution in [-0.4, -0.2) is 4.98 Å². The SMILES string of the molecule is Cc1cc2ccc(CC(C)(C)C)nc2c(C)c1Cl. The van der Waals surface area contributed by atoms with E-state index in [2.05, 4.69) is 39.0 Å². The molecule has 1 heterocycles. The van der Waals surface area contributed by atoms with Crippen LogP contribution in [0.15, 0.2) is 18.2 Å². The van der Waals surface area contributed by atoms with E-state index in [1.165, 1.54) is 5.39 Å². The predicted octanol–water partition coefficient (Wildman–Crippen LogP) is 5.09. The zero-order valence-corrected chi connectivity index (χ0v) is 12.5. The summed E-state index contributed by atoms with van der Waals surface area (Å²) >= 11 is 6.30. The average Bonchev–Trinajstić information content (AvgIpc) is 2.25. The van der Waals surface area contributed by atoms with Gasteiger partial charge in [-0.2, -0.15) is 0 Å². The van der Waals surface area contributed by atoms with Crippen molar-refractivity contribution in [1.82, 2.24) is 4.98 Å². The van der Waals surface area contributed by atoms with Gasteiger partial charge in [0, 0.05) is 16.1 Å². The zero-order chi connectivity index (χ0) is 13.5. The summed E-state index contributed by atoms with van der Waals surface area (Å²) in [5.41, 5.74) is 4.63. The molecule has 2 aromatic rings. The molecule has 0 aliphatic heterocycles. The Hall–Kier alpha value is -1.08. The molecule has 0 N–H and O–H groups in total. The van der Waals surface area contributed by atoms with E-state index in [0.717, 1.165) is 33.8 Å². The molecule has 0 aliphatic rings. The third kappa shape index (κ3) is 2.67. The standard InChI is InChI=1S/C16H20ClN/c1-10-8-12-6-7-13(9-16(3,4)5)18-15(12)11(2)14(10)17/h6-8H,9H2,1-5H3. The van der Waals surface area contributed by atoms with E-state index < -0.39 is 0 Å². The lowest BCUT2D eigenvalue weighted by Crippen LogP contribution is -2.10. The first-order valence-corrected chi connectivity index (χ1v) is 6.71. The molecular weight excluding hydrogens is 242 g/mol. The summed E-state index contributed by atoms with van der Waals surface area (Å²) in [5, 5.41) is 2.01. The summed E-state index contributed by atoms with van der Waals surface area (Å²) in [6.45, 7) is 10.8. The van der Waals surface area contributed by atoms with Crippen molar-refractivity contribution in [2.45, 2.75) is 41.0 Å². The molecule has 0 saturated carbocycles. The number of fused-ring (bicyclic) bond motifs is 1. The Morgan fingerprint density at radius 3 is 2.44 bits per heavy atom. The van der Waals surface area contributed by atoms with Gasteiger partial charge in [-0.05, 0) is 48.9 Å². The van der Waals surface area contributed by atoms with Gasteiger partial charge in [0.15, 0.2) is 0 Å². The molecule has 1 aromatic heterocycles. The Kier molecular flexibility index (Phi) is 3.37. The molecule has 0 amide bonds. The summed E-state index contributed by atoms with van der Waals surface area (Å²) in [6, 6.07) is 6.39. The number of hydrogen-bond acceptors (Lipinski definition) is 1. The smallest absolute Gasteiger partial charge is 0.0749 e. The summed E-state index contributed by atoms with van der Waals surface area (Å²) in [6.07, 6.45) is 0.980. The second kappa shape index (κ2) is 4.55. The fourth-order valence-electron chi connectivity index (χ4n) is 2.27. The molecule has 0 aliphatic carbocycles. The monoisotopic (exact) mass is 261 g/mol. The van der Waals surface area contributed by atoms with E-state index >= 15 is 0 Å². The van der Waals surface area contributed by atoms with Gasteiger partial charge in [-0.15, -0.1) is 0 Å². The molecule has 0 atom stereocenters. The molecule has 18 heavy (non-hydrogen) atoms. The third-order valence-electron chi connectivity index (χ3n) is 3.10. The van der Waals surface area contributed by atoms with E-state index in [9.17, 15) is 0 Å². The van der Waals surface area contributed by atoms with Crippen LogP contribution in [0.4, 0.5) is 0 Å². The number of benzene rings is 1. The van der Waals surface area contributed by atoms with Gasteiger partial charge in [-0.1, -0.05) is 38.4 Å². The minimum Gasteiger partial charge on any atom is -0.252 e. The summed E-state index contributed by atoms with van der Waals surface area (Å²) < 4.78 is 0. The quantitative estimate of drug-likeness (QED) is 0.696. The molecule has 0 bridgehead atoms. The fraction of sp³-hybridized carbons (Fsp3) is 0.438. The molecular formula is C16H20ClN. The second-order valence-electron chi connectivity index (χ2n) is 6.24. The lowest BCUT2D eigenvalue weighted by molar-refractivity contribution is 0.407. The van der Waals surface area contributed by atoms with Crippen LogP contribution in [0.3, 0.4) is 0 Å². The van der Waals surface area contributed by atoms with Crippen molar-refractivity contribution in [3.8, 4) is 0 Å². The zero-order valence-electron chi connectivity index (χ0n) is 11.8. The minimum absolute atomic E-state index is 0.253. The Morgan fingerprint density at radius 1 is 1.17 bits per heavy atom. The number of aryl methyl sites for hydroxylation is 2. The van der Waals surface area contributed by atoms with Gasteiger partial charge in [-0.3, -0.25) is 4.98 Å². The number of pyridine rings is 1. The summed E-state index contributed by atoms with van der Waals surface area (Å²) in [4.78, 5) is 4.78. The summed E-state index contributed by atoms with van der Waals surface area (Å²) in [5.74, 6) is 0. The first-order valence-electron chi connectivity index (χ1n) is 6.33. The van der Waals surface area contributed by atoms with Crippen LogP contribution in [0.5, 0.6) is 0 Å². The average molecular weight is 262 g/mol. The van der Waals surface area contributed by atoms with Crippen LogP contribution in [0.2, 0.25) is 5.02 Å². The molecule has 0 fully saturated rings. The Bertz CT molecular complexity index is 594. The highest BCUT2D eigenvalue weighted by Crippen LogP contribution is 2.29. The molecule has 0 spiro atoms. The van der Waals surface area contributed by atoms with E-state index in [4.69, 9.17) is 16.6 Å². The van der Waals surface area contributed by atoms with Crippen LogP contribution < -0.4 is 0 Å². The molecule has 2 rings (SSSR count). The predicted molar refractivity (Wildman–Crippen MR) is 79.4 cm³/mol. The largest absolute Gasteiger partial charge is 0.252 e. The molecule has 96 valence electrons. The van der Waals surface area contributed by atoms with Gasteiger partial charge in [0.1, 0.15) is 0 Å². The van der Waals surface area contributed by atoms with Crippen molar-refractivity contribution in [1.29, 1.82) is 0 Å². The van der Waals surface area contributed by atoms with Gasteiger partial charge in [0.2, 0.25) is 0 Å². The first-order chi connectivity index (χ1) is 8.28. The highest BCUT2D eigenvalue weighted by atomic mass is 35.5. The van der Waals surface area contributed by atoms with Crippen molar-refractivity contribution in [2.24, 2.45) is 5.41 Å². The molecule has 1 nitrogen and oxygen atoms in total. The van der Waals surface area contributed by atoms with Crippen molar-refractivity contribution >= 4 is 22.5 Å². The maximum absolute atomic E-state index is 6.30. The second-order valence-corrected chi connectivity index (χ2v) is 6.62. The van der Waals surface area contributed by atoms with Gasteiger partial charge >= 0.3 is 0 Å². The highest BCUT2D eigenvalue weighted by Gasteiger charge is 2.14.